The van der Waals surface area contributed by atoms with Crippen molar-refractivity contribution in [2.24, 2.45) is 5.73 Å². The molecule has 0 spiro atoms. The third kappa shape index (κ3) is 4.46. The van der Waals surface area contributed by atoms with Crippen molar-refractivity contribution in [1.82, 2.24) is 0 Å². The molecule has 5 heteroatoms. The summed E-state index contributed by atoms with van der Waals surface area (Å²) in [4.78, 5) is 0. The second kappa shape index (κ2) is 7.42. The van der Waals surface area contributed by atoms with Crippen LogP contribution in [0.25, 0.3) is 0 Å². The Morgan fingerprint density at radius 2 is 2.06 bits per heavy atom. The first-order chi connectivity index (χ1) is 8.19. The second-order valence-electron chi connectivity index (χ2n) is 3.65. The van der Waals surface area contributed by atoms with Crippen molar-refractivity contribution in [2.75, 3.05) is 32.3 Å². The van der Waals surface area contributed by atoms with Gasteiger partial charge in [-0.1, -0.05) is 18.2 Å². The van der Waals surface area contributed by atoms with Gasteiger partial charge in [-0.05, 0) is 6.07 Å². The molecular formula is C12H19NO3S. The third-order valence-electron chi connectivity index (χ3n) is 2.42. The minimum absolute atomic E-state index is 0.274. The minimum Gasteiger partial charge on any atom is -0.496 e. The third-order valence-corrected chi connectivity index (χ3v) is 3.77. The summed E-state index contributed by atoms with van der Waals surface area (Å²) in [5, 5.41) is 0. The molecule has 0 bridgehead atoms. The first-order valence-electron chi connectivity index (χ1n) is 5.41. The normalized spacial score (nSPS) is 14.3. The molecule has 1 aromatic carbocycles. The van der Waals surface area contributed by atoms with Crippen LogP contribution in [0.4, 0.5) is 0 Å². The van der Waals surface area contributed by atoms with E-state index >= 15 is 0 Å². The van der Waals surface area contributed by atoms with E-state index in [9.17, 15) is 4.21 Å². The smallest absolute Gasteiger partial charge is 0.123 e. The van der Waals surface area contributed by atoms with Crippen molar-refractivity contribution in [1.29, 1.82) is 0 Å². The SMILES string of the molecule is COCCS(=O)CC(N)c1ccccc1OC. The van der Waals surface area contributed by atoms with E-state index in [2.05, 4.69) is 0 Å². The van der Waals surface area contributed by atoms with E-state index in [-0.39, 0.29) is 6.04 Å². The Morgan fingerprint density at radius 3 is 2.71 bits per heavy atom. The quantitative estimate of drug-likeness (QED) is 0.794. The van der Waals surface area contributed by atoms with Crippen molar-refractivity contribution in [3.8, 4) is 5.75 Å². The molecule has 0 amide bonds. The fraction of sp³-hybridized carbons (Fsp3) is 0.500. The molecule has 2 unspecified atom stereocenters. The molecule has 0 fully saturated rings. The molecule has 0 aromatic heterocycles. The molecule has 2 atom stereocenters. The first-order valence-corrected chi connectivity index (χ1v) is 6.90. The summed E-state index contributed by atoms with van der Waals surface area (Å²) in [5.74, 6) is 1.67. The van der Waals surface area contributed by atoms with Gasteiger partial charge >= 0.3 is 0 Å². The Balaban J connectivity index is 2.62. The molecule has 17 heavy (non-hydrogen) atoms. The number of nitrogens with two attached hydrogens (primary N) is 1. The van der Waals surface area contributed by atoms with Gasteiger partial charge in [0.2, 0.25) is 0 Å². The van der Waals surface area contributed by atoms with Crippen LogP contribution in [0, 0.1) is 0 Å². The topological polar surface area (TPSA) is 61.5 Å². The second-order valence-corrected chi connectivity index (χ2v) is 5.27. The highest BCUT2D eigenvalue weighted by Crippen LogP contribution is 2.23. The lowest BCUT2D eigenvalue weighted by molar-refractivity contribution is 0.218. The molecule has 1 aromatic rings. The number of para-hydroxylation sites is 1. The van der Waals surface area contributed by atoms with E-state index in [0.29, 0.717) is 18.1 Å². The summed E-state index contributed by atoms with van der Waals surface area (Å²) in [6, 6.07) is 7.26. The van der Waals surface area contributed by atoms with Gasteiger partial charge in [0.25, 0.3) is 0 Å². The predicted molar refractivity (Wildman–Crippen MR) is 69.7 cm³/mol. The van der Waals surface area contributed by atoms with Gasteiger partial charge in [0, 0.05) is 41.0 Å². The highest BCUT2D eigenvalue weighted by atomic mass is 32.2. The summed E-state index contributed by atoms with van der Waals surface area (Å²) in [5.41, 5.74) is 6.92. The zero-order valence-electron chi connectivity index (χ0n) is 10.2. The van der Waals surface area contributed by atoms with Gasteiger partial charge in [0.1, 0.15) is 5.75 Å². The average molecular weight is 257 g/mol. The molecule has 0 radical (unpaired) electrons. The summed E-state index contributed by atoms with van der Waals surface area (Å²) in [6.07, 6.45) is 0. The Morgan fingerprint density at radius 1 is 1.35 bits per heavy atom. The molecule has 0 aliphatic rings. The maximum Gasteiger partial charge on any atom is 0.123 e. The highest BCUT2D eigenvalue weighted by Gasteiger charge is 2.14. The maximum absolute atomic E-state index is 11.7. The number of ether oxygens (including phenoxy) is 2. The van der Waals surface area contributed by atoms with Crippen molar-refractivity contribution >= 4 is 10.8 Å². The zero-order valence-corrected chi connectivity index (χ0v) is 11.0. The molecule has 0 saturated heterocycles. The van der Waals surface area contributed by atoms with E-state index in [1.807, 2.05) is 24.3 Å². The van der Waals surface area contributed by atoms with Crippen LogP contribution in [0.2, 0.25) is 0 Å². The molecule has 0 saturated carbocycles. The van der Waals surface area contributed by atoms with Gasteiger partial charge in [0.15, 0.2) is 0 Å². The number of hydrogen-bond acceptors (Lipinski definition) is 4. The van der Waals surface area contributed by atoms with Crippen LogP contribution in [-0.4, -0.2) is 36.5 Å². The largest absolute Gasteiger partial charge is 0.496 e. The summed E-state index contributed by atoms with van der Waals surface area (Å²) < 4.78 is 21.8. The van der Waals surface area contributed by atoms with Crippen molar-refractivity contribution < 1.29 is 13.7 Å². The van der Waals surface area contributed by atoms with E-state index in [1.54, 1.807) is 14.2 Å². The Kier molecular flexibility index (Phi) is 6.18. The molecule has 1 rings (SSSR count). The first kappa shape index (κ1) is 14.2. The lowest BCUT2D eigenvalue weighted by Gasteiger charge is -2.15. The number of benzene rings is 1. The molecule has 0 aliphatic carbocycles. The van der Waals surface area contributed by atoms with E-state index in [4.69, 9.17) is 15.2 Å². The summed E-state index contributed by atoms with van der Waals surface area (Å²) in [7, 11) is 2.23. The number of methoxy groups -OCH3 is 2. The lowest BCUT2D eigenvalue weighted by atomic mass is 10.1. The van der Waals surface area contributed by atoms with Crippen LogP contribution in [0.15, 0.2) is 24.3 Å². The Bertz CT molecular complexity index is 371. The van der Waals surface area contributed by atoms with Gasteiger partial charge in [-0.3, -0.25) is 4.21 Å². The summed E-state index contributed by atoms with van der Waals surface area (Å²) >= 11 is 0. The van der Waals surface area contributed by atoms with Crippen molar-refractivity contribution in [3.05, 3.63) is 29.8 Å². The number of hydrogen-bond donors (Lipinski definition) is 1. The monoisotopic (exact) mass is 257 g/mol. The molecule has 2 N–H and O–H groups in total. The van der Waals surface area contributed by atoms with Crippen LogP contribution >= 0.6 is 0 Å². The van der Waals surface area contributed by atoms with Gasteiger partial charge in [-0.2, -0.15) is 0 Å². The molecule has 96 valence electrons. The minimum atomic E-state index is -0.966. The van der Waals surface area contributed by atoms with Gasteiger partial charge in [0.05, 0.1) is 13.7 Å². The maximum atomic E-state index is 11.7. The van der Waals surface area contributed by atoms with Gasteiger partial charge in [-0.15, -0.1) is 0 Å². The average Bonchev–Trinajstić information content (AvgIpc) is 2.36. The standard InChI is InChI=1S/C12H19NO3S/c1-15-7-8-17(14)9-11(13)10-5-3-4-6-12(10)16-2/h3-6,11H,7-9,13H2,1-2H3. The van der Waals surface area contributed by atoms with Crippen molar-refractivity contribution in [2.45, 2.75) is 6.04 Å². The summed E-state index contributed by atoms with van der Waals surface area (Å²) in [6.45, 7) is 0.491. The predicted octanol–water partition coefficient (Wildman–Crippen LogP) is 1.09. The van der Waals surface area contributed by atoms with Crippen LogP contribution in [0.1, 0.15) is 11.6 Å². The van der Waals surface area contributed by atoms with Crippen LogP contribution in [-0.2, 0) is 15.5 Å². The lowest BCUT2D eigenvalue weighted by Crippen LogP contribution is -2.21. The van der Waals surface area contributed by atoms with E-state index < -0.39 is 10.8 Å². The Labute approximate surface area is 105 Å². The van der Waals surface area contributed by atoms with Crippen LogP contribution in [0.5, 0.6) is 5.75 Å². The molecule has 0 aliphatic heterocycles. The fourth-order valence-electron chi connectivity index (χ4n) is 1.52. The van der Waals surface area contributed by atoms with Gasteiger partial charge in [-0.25, -0.2) is 0 Å². The van der Waals surface area contributed by atoms with Crippen LogP contribution in [0.3, 0.4) is 0 Å². The van der Waals surface area contributed by atoms with Crippen molar-refractivity contribution in [3.63, 3.8) is 0 Å². The van der Waals surface area contributed by atoms with Crippen LogP contribution < -0.4 is 10.5 Å². The van der Waals surface area contributed by atoms with Gasteiger partial charge < -0.3 is 15.2 Å². The highest BCUT2D eigenvalue weighted by molar-refractivity contribution is 7.85. The number of rotatable bonds is 7. The Hall–Kier alpha value is -0.910. The molecular weight excluding hydrogens is 238 g/mol. The molecule has 0 heterocycles. The molecule has 4 nitrogen and oxygen atoms in total. The van der Waals surface area contributed by atoms with E-state index in [1.165, 1.54) is 0 Å². The fourth-order valence-corrected chi connectivity index (χ4v) is 2.62. The van der Waals surface area contributed by atoms with E-state index in [0.717, 1.165) is 11.3 Å². The zero-order chi connectivity index (χ0) is 12.7.